The summed E-state index contributed by atoms with van der Waals surface area (Å²) >= 11 is 12.5. The molecule has 3 N–H and O–H groups in total. The van der Waals surface area contributed by atoms with Gasteiger partial charge in [-0.25, -0.2) is 4.98 Å². The van der Waals surface area contributed by atoms with Gasteiger partial charge in [-0.1, -0.05) is 23.2 Å². The number of nitrogens with one attached hydrogen (secondary N) is 3. The molecule has 2 heterocycles. The van der Waals surface area contributed by atoms with Crippen LogP contribution in [0, 0.1) is 0 Å². The van der Waals surface area contributed by atoms with Gasteiger partial charge in [0, 0.05) is 23.2 Å². The van der Waals surface area contributed by atoms with E-state index in [0.29, 0.717) is 34.9 Å². The van der Waals surface area contributed by atoms with E-state index in [4.69, 9.17) is 23.2 Å². The minimum Gasteiger partial charge on any atom is -0.342 e. The summed E-state index contributed by atoms with van der Waals surface area (Å²) in [6, 6.07) is 9.28. The van der Waals surface area contributed by atoms with Crippen molar-refractivity contribution in [3.63, 3.8) is 0 Å². The highest BCUT2D eigenvalue weighted by Crippen LogP contribution is 2.27. The number of aldehydes is 1. The molecule has 1 unspecified atom stereocenters. The number of nitrogens with zero attached hydrogens (tertiary/aromatic N) is 2. The van der Waals surface area contributed by atoms with Crippen molar-refractivity contribution >= 4 is 52.3 Å². The zero-order valence-electron chi connectivity index (χ0n) is 19.5. The molecule has 2 amide bonds. The van der Waals surface area contributed by atoms with Crippen molar-refractivity contribution in [3.05, 3.63) is 63.4 Å². The Kier molecular flexibility index (Phi) is 7.74. The number of carbonyl (C=O) groups excluding carboxylic acids is 3. The van der Waals surface area contributed by atoms with E-state index < -0.39 is 6.04 Å². The first-order valence-corrected chi connectivity index (χ1v) is 12.3. The zero-order valence-corrected chi connectivity index (χ0v) is 21.0. The van der Waals surface area contributed by atoms with E-state index in [1.165, 1.54) is 6.07 Å². The van der Waals surface area contributed by atoms with E-state index in [-0.39, 0.29) is 28.9 Å². The van der Waals surface area contributed by atoms with Crippen LogP contribution >= 0.6 is 23.2 Å². The lowest BCUT2D eigenvalue weighted by Crippen LogP contribution is -2.40. The highest BCUT2D eigenvalue weighted by Gasteiger charge is 2.32. The first kappa shape index (κ1) is 25.2. The van der Waals surface area contributed by atoms with Crippen molar-refractivity contribution in [3.8, 4) is 0 Å². The van der Waals surface area contributed by atoms with Crippen LogP contribution in [0.4, 0.5) is 0 Å². The highest BCUT2D eigenvalue weighted by molar-refractivity contribution is 6.34. The SMILES string of the molecule is CNC(C=O)C[C@@H]1CCCN1C(=O)c1ccc(C(=O)N[C@@H](C)c2nc3ccc(Cl)cc3[nH]2)cc1Cl. The highest BCUT2D eigenvalue weighted by atomic mass is 35.5. The molecule has 1 fully saturated rings. The molecule has 0 spiro atoms. The molecule has 35 heavy (non-hydrogen) atoms. The maximum absolute atomic E-state index is 13.2. The van der Waals surface area contributed by atoms with Crippen molar-refractivity contribution in [1.29, 1.82) is 0 Å². The fourth-order valence-corrected chi connectivity index (χ4v) is 4.86. The third-order valence-electron chi connectivity index (χ3n) is 6.38. The van der Waals surface area contributed by atoms with Crippen LogP contribution in [0.3, 0.4) is 0 Å². The second-order valence-electron chi connectivity index (χ2n) is 8.73. The van der Waals surface area contributed by atoms with E-state index in [0.717, 1.165) is 30.2 Å². The fourth-order valence-electron chi connectivity index (χ4n) is 4.42. The summed E-state index contributed by atoms with van der Waals surface area (Å²) in [4.78, 5) is 46.7. The Morgan fingerprint density at radius 2 is 2.06 bits per heavy atom. The third-order valence-corrected chi connectivity index (χ3v) is 6.93. The van der Waals surface area contributed by atoms with Crippen molar-refractivity contribution < 1.29 is 14.4 Å². The van der Waals surface area contributed by atoms with E-state index in [9.17, 15) is 14.4 Å². The summed E-state index contributed by atoms with van der Waals surface area (Å²) in [6.07, 6.45) is 3.12. The molecule has 1 aliphatic heterocycles. The number of amides is 2. The predicted molar refractivity (Wildman–Crippen MR) is 136 cm³/mol. The number of aromatic nitrogens is 2. The first-order chi connectivity index (χ1) is 16.8. The average molecular weight is 516 g/mol. The van der Waals surface area contributed by atoms with Crippen LogP contribution in [-0.4, -0.2) is 58.6 Å². The number of hydrogen-bond donors (Lipinski definition) is 3. The van der Waals surface area contributed by atoms with Gasteiger partial charge in [0.25, 0.3) is 11.8 Å². The lowest BCUT2D eigenvalue weighted by molar-refractivity contribution is -0.109. The monoisotopic (exact) mass is 515 g/mol. The molecule has 0 bridgehead atoms. The number of H-pyrrole nitrogens is 1. The van der Waals surface area contributed by atoms with Crippen LogP contribution in [0.5, 0.6) is 0 Å². The number of carbonyl (C=O) groups is 3. The van der Waals surface area contributed by atoms with Gasteiger partial charge in [0.2, 0.25) is 0 Å². The van der Waals surface area contributed by atoms with Crippen molar-refractivity contribution in [2.75, 3.05) is 13.6 Å². The average Bonchev–Trinajstić information content (AvgIpc) is 3.48. The Hall–Kier alpha value is -2.94. The predicted octanol–water partition coefficient (Wildman–Crippen LogP) is 4.14. The largest absolute Gasteiger partial charge is 0.342 e. The summed E-state index contributed by atoms with van der Waals surface area (Å²) in [5.41, 5.74) is 2.22. The number of likely N-dealkylation sites (N-methyl/N-ethyl adjacent to an activating group) is 1. The molecular weight excluding hydrogens is 489 g/mol. The Morgan fingerprint density at radius 1 is 1.26 bits per heavy atom. The van der Waals surface area contributed by atoms with E-state index >= 15 is 0 Å². The minimum absolute atomic E-state index is 0.0382. The summed E-state index contributed by atoms with van der Waals surface area (Å²) < 4.78 is 0. The molecule has 2 aromatic carbocycles. The summed E-state index contributed by atoms with van der Waals surface area (Å²) in [5.74, 6) is 0.0714. The van der Waals surface area contributed by atoms with Crippen LogP contribution in [0.2, 0.25) is 10.0 Å². The second-order valence-corrected chi connectivity index (χ2v) is 9.58. The fraction of sp³-hybridized carbons (Fsp3) is 0.360. The topological polar surface area (TPSA) is 107 Å². The van der Waals surface area contributed by atoms with E-state index in [1.807, 2.05) is 13.0 Å². The van der Waals surface area contributed by atoms with Gasteiger partial charge in [-0.05, 0) is 69.6 Å². The maximum atomic E-state index is 13.2. The number of fused-ring (bicyclic) bond motifs is 1. The number of hydrogen-bond acceptors (Lipinski definition) is 5. The molecule has 0 saturated carbocycles. The van der Waals surface area contributed by atoms with Crippen LogP contribution < -0.4 is 10.6 Å². The molecular formula is C25H27Cl2N5O3. The van der Waals surface area contributed by atoms with Crippen LogP contribution in [0.25, 0.3) is 11.0 Å². The lowest BCUT2D eigenvalue weighted by atomic mass is 10.0. The van der Waals surface area contributed by atoms with Crippen LogP contribution in [-0.2, 0) is 4.79 Å². The van der Waals surface area contributed by atoms with E-state index in [1.54, 1.807) is 36.2 Å². The molecule has 3 aromatic rings. The van der Waals surface area contributed by atoms with Gasteiger partial charge in [0.1, 0.15) is 12.1 Å². The Labute approximate surface area is 213 Å². The summed E-state index contributed by atoms with van der Waals surface area (Å²) in [7, 11) is 1.73. The number of halogens is 2. The number of benzene rings is 2. The molecule has 0 aliphatic carbocycles. The third kappa shape index (κ3) is 5.50. The van der Waals surface area contributed by atoms with Crippen molar-refractivity contribution in [1.82, 2.24) is 25.5 Å². The van der Waals surface area contributed by atoms with Gasteiger partial charge in [-0.3, -0.25) is 9.59 Å². The maximum Gasteiger partial charge on any atom is 0.255 e. The summed E-state index contributed by atoms with van der Waals surface area (Å²) in [6.45, 7) is 2.43. The van der Waals surface area contributed by atoms with Gasteiger partial charge >= 0.3 is 0 Å². The van der Waals surface area contributed by atoms with Crippen molar-refractivity contribution in [2.24, 2.45) is 0 Å². The Bertz CT molecular complexity index is 1260. The number of aromatic amines is 1. The number of likely N-dealkylation sites (tertiary alicyclic amines) is 1. The first-order valence-electron chi connectivity index (χ1n) is 11.5. The molecule has 1 aliphatic rings. The standard InChI is InChI=1S/C25H27Cl2N5O3/c1-14(23-30-21-8-6-16(26)11-22(21)31-23)29-24(34)15-5-7-19(20(27)10-15)25(35)32-9-3-4-18(32)12-17(13-33)28-2/h5-8,10-11,13-14,17-18,28H,3-4,9,12H2,1-2H3,(H,29,34)(H,30,31)/t14-,17?,18-/m0/s1. The smallest absolute Gasteiger partial charge is 0.255 e. The quantitative estimate of drug-likeness (QED) is 0.390. The minimum atomic E-state index is -0.392. The Morgan fingerprint density at radius 3 is 2.77 bits per heavy atom. The molecule has 3 atom stereocenters. The molecule has 1 saturated heterocycles. The normalized spacial score (nSPS) is 17.4. The van der Waals surface area contributed by atoms with Crippen molar-refractivity contribution in [2.45, 2.75) is 44.3 Å². The van der Waals surface area contributed by atoms with Crippen LogP contribution in [0.1, 0.15) is 58.8 Å². The molecule has 8 nitrogen and oxygen atoms in total. The molecule has 0 radical (unpaired) electrons. The van der Waals surface area contributed by atoms with E-state index in [2.05, 4.69) is 20.6 Å². The van der Waals surface area contributed by atoms with Gasteiger partial charge in [0.05, 0.1) is 33.7 Å². The lowest BCUT2D eigenvalue weighted by Gasteiger charge is -2.27. The van der Waals surface area contributed by atoms with Gasteiger partial charge in [-0.2, -0.15) is 0 Å². The number of rotatable bonds is 8. The molecule has 1 aromatic heterocycles. The number of imidazole rings is 1. The van der Waals surface area contributed by atoms with Gasteiger partial charge in [-0.15, -0.1) is 0 Å². The van der Waals surface area contributed by atoms with Gasteiger partial charge < -0.3 is 25.3 Å². The second kappa shape index (κ2) is 10.8. The van der Waals surface area contributed by atoms with Gasteiger partial charge in [0.15, 0.2) is 0 Å². The summed E-state index contributed by atoms with van der Waals surface area (Å²) in [5, 5.41) is 6.66. The zero-order chi connectivity index (χ0) is 25.1. The molecule has 10 heteroatoms. The molecule has 4 rings (SSSR count). The molecule has 184 valence electrons. The van der Waals surface area contributed by atoms with Crippen LogP contribution in [0.15, 0.2) is 36.4 Å². The Balaban J connectivity index is 1.45.